The van der Waals surface area contributed by atoms with E-state index in [2.05, 4.69) is 0 Å². The summed E-state index contributed by atoms with van der Waals surface area (Å²) in [6.07, 6.45) is 2.39. The van der Waals surface area contributed by atoms with Gasteiger partial charge in [-0.1, -0.05) is 0 Å². The van der Waals surface area contributed by atoms with E-state index in [0.717, 1.165) is 0 Å². The lowest BCUT2D eigenvalue weighted by atomic mass is 10.6. The number of carbonyl (C=O) groups excluding carboxylic acids is 2. The normalized spacial score (nSPS) is 13.5. The van der Waals surface area contributed by atoms with Gasteiger partial charge in [-0.05, 0) is 0 Å². The first-order chi connectivity index (χ1) is 5.02. The summed E-state index contributed by atoms with van der Waals surface area (Å²) in [5.41, 5.74) is 0. The Labute approximate surface area is 60.4 Å². The molecule has 0 aromatic carbocycles. The smallest absolute Gasteiger partial charge is 0.291 e. The van der Waals surface area contributed by atoms with E-state index in [-0.39, 0.29) is 11.8 Å². The van der Waals surface area contributed by atoms with E-state index in [1.807, 2.05) is 5.32 Å². The van der Waals surface area contributed by atoms with Gasteiger partial charge >= 0.3 is 0 Å². The van der Waals surface area contributed by atoms with Gasteiger partial charge in [0.1, 0.15) is 0 Å². The molecule has 0 spiro atoms. The van der Waals surface area contributed by atoms with Crippen LogP contribution in [0.2, 0.25) is 0 Å². The van der Waals surface area contributed by atoms with Gasteiger partial charge in [0, 0.05) is 12.2 Å². The highest BCUT2D eigenvalue weighted by molar-refractivity contribution is 6.12. The number of carbonyl (C=O) groups is 2. The molecule has 2 N–H and O–H groups in total. The second-order valence-electron chi connectivity index (χ2n) is 1.42. The van der Waals surface area contributed by atoms with E-state index in [9.17, 15) is 9.59 Å². The van der Waals surface area contributed by atoms with Gasteiger partial charge < -0.3 is 5.21 Å². The monoisotopic (exact) mass is 160 g/mol. The van der Waals surface area contributed by atoms with E-state index in [4.69, 9.17) is 15.3 Å². The molecule has 1 aliphatic heterocycles. The maximum absolute atomic E-state index is 10.0. The molecule has 0 aliphatic carbocycles. The van der Waals surface area contributed by atoms with Crippen molar-refractivity contribution < 1.29 is 19.9 Å². The lowest BCUT2D eigenvalue weighted by Gasteiger charge is -1.80. The molecule has 0 radical (unpaired) electrons. The van der Waals surface area contributed by atoms with Gasteiger partial charge in [-0.2, -0.15) is 0 Å². The highest BCUT2D eigenvalue weighted by atomic mass is 16.9. The highest BCUT2D eigenvalue weighted by Gasteiger charge is 2.06. The minimum Gasteiger partial charge on any atom is -0.328 e. The Hall–Kier alpha value is -1.92. The number of nitrogens with one attached hydrogen (secondary N) is 1. The topological polar surface area (TPSA) is 110 Å². The number of rotatable bonds is 0. The van der Waals surface area contributed by atoms with Crippen LogP contribution in [0.3, 0.4) is 0 Å². The largest absolute Gasteiger partial charge is 0.328 e. The van der Waals surface area contributed by atoms with Crippen LogP contribution in [0.5, 0.6) is 0 Å². The van der Waals surface area contributed by atoms with E-state index in [0.29, 0.717) is 0 Å². The Morgan fingerprint density at radius 2 is 1.64 bits per heavy atom. The molecule has 0 atom stereocenters. The number of nitrogens with zero attached hydrogens (tertiary/aromatic N) is 1. The molecule has 1 aliphatic rings. The van der Waals surface area contributed by atoms with Crippen molar-refractivity contribution >= 4 is 11.8 Å². The van der Waals surface area contributed by atoms with E-state index >= 15 is 0 Å². The van der Waals surface area contributed by atoms with E-state index in [1.54, 1.807) is 0 Å². The van der Waals surface area contributed by atoms with Crippen LogP contribution in [0.15, 0.2) is 12.2 Å². The number of hydrogen-bond donors (Lipinski definition) is 2. The zero-order valence-electron chi connectivity index (χ0n) is 5.18. The van der Waals surface area contributed by atoms with Crippen molar-refractivity contribution in [3.8, 4) is 0 Å². The fraction of sp³-hybridized carbons (Fsp3) is 0. The predicted molar refractivity (Wildman–Crippen MR) is 31.1 cm³/mol. The van der Waals surface area contributed by atoms with Gasteiger partial charge in [0.15, 0.2) is 0 Å². The van der Waals surface area contributed by atoms with Crippen LogP contribution in [-0.2, 0) is 9.59 Å². The molecule has 0 aromatic heterocycles. The second-order valence-corrected chi connectivity index (χ2v) is 1.42. The van der Waals surface area contributed by atoms with Crippen molar-refractivity contribution in [1.82, 2.24) is 5.32 Å². The van der Waals surface area contributed by atoms with Crippen LogP contribution < -0.4 is 5.32 Å². The van der Waals surface area contributed by atoms with Gasteiger partial charge in [0.2, 0.25) is 0 Å². The molecule has 1 rings (SSSR count). The minimum absolute atomic E-state index is 0.329. The molecular weight excluding hydrogens is 156 g/mol. The first-order valence-corrected chi connectivity index (χ1v) is 2.38. The summed E-state index contributed by atoms with van der Waals surface area (Å²) in [6.45, 7) is 0. The number of imide groups is 1. The first-order valence-electron chi connectivity index (χ1n) is 2.38. The van der Waals surface area contributed by atoms with E-state index in [1.165, 1.54) is 12.2 Å². The molecule has 2 amide bonds. The standard InChI is InChI=1S/C4H3NO2.HNO3/c6-3-1-2-4(7)5-3;2-1(3)4/h1-2H,(H,5,6,7);(H,2,3,4). The Bertz CT molecular complexity index is 201. The van der Waals surface area contributed by atoms with Crippen LogP contribution in [0.4, 0.5) is 0 Å². The summed E-state index contributed by atoms with van der Waals surface area (Å²) in [7, 11) is 0. The molecule has 0 aromatic rings. The van der Waals surface area contributed by atoms with Crippen molar-refractivity contribution in [3.63, 3.8) is 0 Å². The van der Waals surface area contributed by atoms with Gasteiger partial charge in [0.05, 0.1) is 0 Å². The fourth-order valence-electron chi connectivity index (χ4n) is 0.356. The van der Waals surface area contributed by atoms with Gasteiger partial charge in [-0.25, -0.2) is 0 Å². The van der Waals surface area contributed by atoms with Crippen LogP contribution in [0.1, 0.15) is 0 Å². The summed E-state index contributed by atoms with van der Waals surface area (Å²) >= 11 is 0. The van der Waals surface area contributed by atoms with Crippen molar-refractivity contribution in [2.24, 2.45) is 0 Å². The van der Waals surface area contributed by atoms with Gasteiger partial charge in [-0.3, -0.25) is 14.9 Å². The lowest BCUT2D eigenvalue weighted by molar-refractivity contribution is -0.742. The van der Waals surface area contributed by atoms with Crippen molar-refractivity contribution in [1.29, 1.82) is 0 Å². The molecule has 0 bridgehead atoms. The molecule has 60 valence electrons. The molecular formula is C4H4N2O5. The Morgan fingerprint density at radius 1 is 1.36 bits per heavy atom. The third-order valence-corrected chi connectivity index (χ3v) is 0.632. The molecule has 0 unspecified atom stereocenters. The molecule has 7 heteroatoms. The number of amides is 2. The second kappa shape index (κ2) is 3.99. The molecule has 7 nitrogen and oxygen atoms in total. The van der Waals surface area contributed by atoms with Crippen LogP contribution in [-0.4, -0.2) is 22.1 Å². The van der Waals surface area contributed by atoms with E-state index < -0.39 is 5.09 Å². The SMILES string of the molecule is O=C1C=CC(=O)N1.O=[N+]([O-])O. The van der Waals surface area contributed by atoms with Crippen LogP contribution in [0.25, 0.3) is 0 Å². The molecule has 0 saturated heterocycles. The molecule has 11 heavy (non-hydrogen) atoms. The third kappa shape index (κ3) is 5.96. The molecule has 0 fully saturated rings. The van der Waals surface area contributed by atoms with Crippen molar-refractivity contribution in [2.75, 3.05) is 0 Å². The quantitative estimate of drug-likeness (QED) is 0.264. The average Bonchev–Trinajstić information content (AvgIpc) is 2.13. The summed E-state index contributed by atoms with van der Waals surface area (Å²) in [6, 6.07) is 0. The Kier molecular flexibility index (Phi) is 3.29. The Morgan fingerprint density at radius 3 is 1.73 bits per heavy atom. The maximum atomic E-state index is 10.0. The lowest BCUT2D eigenvalue weighted by Crippen LogP contribution is -2.19. The van der Waals surface area contributed by atoms with Crippen molar-refractivity contribution in [2.45, 2.75) is 0 Å². The zero-order valence-corrected chi connectivity index (χ0v) is 5.18. The highest BCUT2D eigenvalue weighted by Crippen LogP contribution is 1.82. The predicted octanol–water partition coefficient (Wildman–Crippen LogP) is -1.15. The molecule has 0 saturated carbocycles. The first kappa shape index (κ1) is 9.08. The zero-order chi connectivity index (χ0) is 8.85. The van der Waals surface area contributed by atoms with Crippen LogP contribution >= 0.6 is 0 Å². The minimum atomic E-state index is -1.50. The van der Waals surface area contributed by atoms with Crippen molar-refractivity contribution in [3.05, 3.63) is 22.3 Å². The summed E-state index contributed by atoms with van der Waals surface area (Å²) < 4.78 is 0. The summed E-state index contributed by atoms with van der Waals surface area (Å²) in [4.78, 5) is 28.4. The molecule has 1 heterocycles. The average molecular weight is 160 g/mol. The summed E-state index contributed by atoms with van der Waals surface area (Å²) in [5.74, 6) is -0.657. The third-order valence-electron chi connectivity index (χ3n) is 0.632. The van der Waals surface area contributed by atoms with Crippen LogP contribution in [0, 0.1) is 10.1 Å². The Balaban J connectivity index is 0.000000218. The maximum Gasteiger partial charge on any atom is 0.291 e. The van der Waals surface area contributed by atoms with Gasteiger partial charge in [-0.15, -0.1) is 10.1 Å². The van der Waals surface area contributed by atoms with Gasteiger partial charge in [0.25, 0.3) is 16.9 Å². The fourth-order valence-corrected chi connectivity index (χ4v) is 0.356. The number of hydrogen-bond acceptors (Lipinski definition) is 4. The summed E-state index contributed by atoms with van der Waals surface area (Å²) in [5, 5.41) is 15.7.